The van der Waals surface area contributed by atoms with E-state index in [-0.39, 0.29) is 18.0 Å². The standard InChI is InChI=1S/C15H12F3NO3/c1-10-2-7-13(19(20)21)14(8-10)22-9-11-3-5-12(6-4-11)15(16,17)18/h2-8H,9H2,1H3. The van der Waals surface area contributed by atoms with Gasteiger partial charge in [-0.3, -0.25) is 10.1 Å². The highest BCUT2D eigenvalue weighted by molar-refractivity contribution is 5.48. The molecule has 116 valence electrons. The van der Waals surface area contributed by atoms with Crippen LogP contribution in [0.15, 0.2) is 42.5 Å². The number of hydrogen-bond acceptors (Lipinski definition) is 3. The second-order valence-corrected chi connectivity index (χ2v) is 4.71. The highest BCUT2D eigenvalue weighted by Crippen LogP contribution is 2.30. The molecule has 0 atom stereocenters. The Balaban J connectivity index is 2.13. The first kappa shape index (κ1) is 15.8. The number of benzene rings is 2. The Morgan fingerprint density at radius 2 is 1.77 bits per heavy atom. The predicted octanol–water partition coefficient (Wildman–Crippen LogP) is 4.50. The maximum absolute atomic E-state index is 12.5. The van der Waals surface area contributed by atoms with Gasteiger partial charge in [0.05, 0.1) is 10.5 Å². The average Bonchev–Trinajstić information content (AvgIpc) is 2.44. The van der Waals surface area contributed by atoms with E-state index in [0.717, 1.165) is 17.7 Å². The molecule has 0 saturated heterocycles. The number of nitrogens with zero attached hydrogens (tertiary/aromatic N) is 1. The van der Waals surface area contributed by atoms with Crippen LogP contribution in [-0.4, -0.2) is 4.92 Å². The van der Waals surface area contributed by atoms with Gasteiger partial charge in [0, 0.05) is 6.07 Å². The molecule has 2 rings (SSSR count). The molecular formula is C15H12F3NO3. The first-order chi connectivity index (χ1) is 10.3. The largest absolute Gasteiger partial charge is 0.482 e. The molecule has 0 aliphatic carbocycles. The van der Waals surface area contributed by atoms with Crippen molar-refractivity contribution in [3.8, 4) is 5.75 Å². The first-order valence-electron chi connectivity index (χ1n) is 6.31. The number of nitro groups is 1. The molecular weight excluding hydrogens is 299 g/mol. The van der Waals surface area contributed by atoms with E-state index in [0.29, 0.717) is 5.56 Å². The lowest BCUT2D eigenvalue weighted by molar-refractivity contribution is -0.386. The van der Waals surface area contributed by atoms with E-state index < -0.39 is 16.7 Å². The molecule has 2 aromatic carbocycles. The van der Waals surface area contributed by atoms with Crippen molar-refractivity contribution in [3.05, 3.63) is 69.3 Å². The summed E-state index contributed by atoms with van der Waals surface area (Å²) in [4.78, 5) is 10.3. The highest BCUT2D eigenvalue weighted by Gasteiger charge is 2.29. The smallest absolute Gasteiger partial charge is 0.416 e. The van der Waals surface area contributed by atoms with E-state index >= 15 is 0 Å². The molecule has 0 unspecified atom stereocenters. The Morgan fingerprint density at radius 3 is 2.32 bits per heavy atom. The molecule has 0 aliphatic heterocycles. The van der Waals surface area contributed by atoms with Crippen LogP contribution in [0.1, 0.15) is 16.7 Å². The minimum atomic E-state index is -4.39. The quantitative estimate of drug-likeness (QED) is 0.617. The van der Waals surface area contributed by atoms with Gasteiger partial charge in [-0.25, -0.2) is 0 Å². The van der Waals surface area contributed by atoms with Crippen LogP contribution in [0.2, 0.25) is 0 Å². The van der Waals surface area contributed by atoms with E-state index in [2.05, 4.69) is 0 Å². The number of rotatable bonds is 4. The van der Waals surface area contributed by atoms with Gasteiger partial charge in [0.15, 0.2) is 5.75 Å². The van der Waals surface area contributed by atoms with Gasteiger partial charge < -0.3 is 4.74 Å². The van der Waals surface area contributed by atoms with Crippen molar-refractivity contribution in [3.63, 3.8) is 0 Å². The summed E-state index contributed by atoms with van der Waals surface area (Å²) in [5, 5.41) is 10.9. The third-order valence-electron chi connectivity index (χ3n) is 2.99. The van der Waals surface area contributed by atoms with Gasteiger partial charge in [-0.1, -0.05) is 18.2 Å². The van der Waals surface area contributed by atoms with Gasteiger partial charge in [-0.15, -0.1) is 0 Å². The molecule has 0 fully saturated rings. The van der Waals surface area contributed by atoms with Gasteiger partial charge in [0.25, 0.3) is 0 Å². The minimum Gasteiger partial charge on any atom is -0.482 e. The summed E-state index contributed by atoms with van der Waals surface area (Å²) in [5.74, 6) is 0.0879. The van der Waals surface area contributed by atoms with Crippen LogP contribution >= 0.6 is 0 Å². The molecule has 22 heavy (non-hydrogen) atoms. The maximum atomic E-state index is 12.5. The fraction of sp³-hybridized carbons (Fsp3) is 0.200. The topological polar surface area (TPSA) is 52.4 Å². The lowest BCUT2D eigenvalue weighted by atomic mass is 10.1. The van der Waals surface area contributed by atoms with Crippen molar-refractivity contribution in [2.24, 2.45) is 0 Å². The fourth-order valence-corrected chi connectivity index (χ4v) is 1.84. The Morgan fingerprint density at radius 1 is 1.14 bits per heavy atom. The van der Waals surface area contributed by atoms with Crippen molar-refractivity contribution in [2.45, 2.75) is 19.7 Å². The lowest BCUT2D eigenvalue weighted by Gasteiger charge is -2.09. The molecule has 4 nitrogen and oxygen atoms in total. The average molecular weight is 311 g/mol. The zero-order chi connectivity index (χ0) is 16.3. The van der Waals surface area contributed by atoms with Gasteiger partial charge >= 0.3 is 11.9 Å². The first-order valence-corrected chi connectivity index (χ1v) is 6.31. The van der Waals surface area contributed by atoms with Crippen molar-refractivity contribution >= 4 is 5.69 Å². The summed E-state index contributed by atoms with van der Waals surface area (Å²) >= 11 is 0. The van der Waals surface area contributed by atoms with Crippen molar-refractivity contribution < 1.29 is 22.8 Å². The summed E-state index contributed by atoms with van der Waals surface area (Å²) in [5.41, 5.74) is 0.340. The molecule has 0 aliphatic rings. The molecule has 0 aromatic heterocycles. The van der Waals surface area contributed by atoms with Crippen LogP contribution in [0.5, 0.6) is 5.75 Å². The Bertz CT molecular complexity index is 681. The minimum absolute atomic E-state index is 0.0531. The molecule has 0 amide bonds. The maximum Gasteiger partial charge on any atom is 0.416 e. The van der Waals surface area contributed by atoms with Gasteiger partial charge in [0.2, 0.25) is 0 Å². The van der Waals surface area contributed by atoms with E-state index in [4.69, 9.17) is 4.74 Å². The van der Waals surface area contributed by atoms with Gasteiger partial charge in [-0.05, 0) is 36.2 Å². The van der Waals surface area contributed by atoms with Crippen LogP contribution < -0.4 is 4.74 Å². The molecule has 0 bridgehead atoms. The number of halogens is 3. The molecule has 2 aromatic rings. The summed E-state index contributed by atoms with van der Waals surface area (Å²) < 4.78 is 42.7. The Labute approximate surface area is 124 Å². The van der Waals surface area contributed by atoms with E-state index in [1.54, 1.807) is 13.0 Å². The normalized spacial score (nSPS) is 11.3. The SMILES string of the molecule is Cc1ccc([N+](=O)[O-])c(OCc2ccc(C(F)(F)F)cc2)c1. The fourth-order valence-electron chi connectivity index (χ4n) is 1.84. The predicted molar refractivity (Wildman–Crippen MR) is 73.6 cm³/mol. The Kier molecular flexibility index (Phi) is 4.35. The number of hydrogen-bond donors (Lipinski definition) is 0. The summed E-state index contributed by atoms with van der Waals surface area (Å²) in [6.07, 6.45) is -4.39. The van der Waals surface area contributed by atoms with Crippen molar-refractivity contribution in [1.29, 1.82) is 0 Å². The van der Waals surface area contributed by atoms with E-state index in [1.165, 1.54) is 24.3 Å². The highest BCUT2D eigenvalue weighted by atomic mass is 19.4. The van der Waals surface area contributed by atoms with E-state index in [9.17, 15) is 23.3 Å². The van der Waals surface area contributed by atoms with Crippen LogP contribution in [-0.2, 0) is 12.8 Å². The Hall–Kier alpha value is -2.57. The summed E-state index contributed by atoms with van der Waals surface area (Å²) in [6, 6.07) is 8.89. The molecule has 0 heterocycles. The number of alkyl halides is 3. The molecule has 0 N–H and O–H groups in total. The molecule has 0 spiro atoms. The number of nitro benzene ring substituents is 1. The van der Waals surface area contributed by atoms with Crippen LogP contribution in [0.3, 0.4) is 0 Å². The zero-order valence-corrected chi connectivity index (χ0v) is 11.6. The van der Waals surface area contributed by atoms with Crippen LogP contribution in [0.4, 0.5) is 18.9 Å². The molecule has 7 heteroatoms. The van der Waals surface area contributed by atoms with Gasteiger partial charge in [-0.2, -0.15) is 13.2 Å². The number of ether oxygens (including phenoxy) is 1. The second-order valence-electron chi connectivity index (χ2n) is 4.71. The monoisotopic (exact) mass is 311 g/mol. The molecule has 0 radical (unpaired) electrons. The van der Waals surface area contributed by atoms with E-state index in [1.807, 2.05) is 0 Å². The summed E-state index contributed by atoms with van der Waals surface area (Å²) in [6.45, 7) is 1.71. The molecule has 0 saturated carbocycles. The van der Waals surface area contributed by atoms with Crippen LogP contribution in [0.25, 0.3) is 0 Å². The second kappa shape index (κ2) is 6.05. The van der Waals surface area contributed by atoms with Crippen LogP contribution in [0, 0.1) is 17.0 Å². The third-order valence-corrected chi connectivity index (χ3v) is 2.99. The lowest BCUT2D eigenvalue weighted by Crippen LogP contribution is -2.05. The zero-order valence-electron chi connectivity index (χ0n) is 11.6. The third kappa shape index (κ3) is 3.75. The van der Waals surface area contributed by atoms with Crippen molar-refractivity contribution in [1.82, 2.24) is 0 Å². The summed E-state index contributed by atoms with van der Waals surface area (Å²) in [7, 11) is 0. The van der Waals surface area contributed by atoms with Crippen molar-refractivity contribution in [2.75, 3.05) is 0 Å². The number of aryl methyl sites for hydroxylation is 1. The van der Waals surface area contributed by atoms with Gasteiger partial charge in [0.1, 0.15) is 6.61 Å².